The lowest BCUT2D eigenvalue weighted by atomic mass is 10.1. The van der Waals surface area contributed by atoms with E-state index in [0.29, 0.717) is 0 Å². The minimum absolute atomic E-state index is 0.0610. The van der Waals surface area contributed by atoms with E-state index in [1.54, 1.807) is 0 Å². The van der Waals surface area contributed by atoms with Crippen molar-refractivity contribution in [2.45, 2.75) is 18.4 Å². The van der Waals surface area contributed by atoms with Crippen LogP contribution in [-0.4, -0.2) is 68.7 Å². The SMILES string of the molecule is COc1ncc(-c2cc(C(F)(F)F)c3c(N)ncnn23)cc1C(=O)NC1CN(C(=O)c2ccc(F)cc2)CC1F. The average molecular weight is 561 g/mol. The highest BCUT2D eigenvalue weighted by Gasteiger charge is 2.38. The maximum atomic E-state index is 14.9. The molecule has 1 saturated heterocycles. The number of aromatic nitrogens is 4. The molecule has 0 spiro atoms. The highest BCUT2D eigenvalue weighted by atomic mass is 19.4. The van der Waals surface area contributed by atoms with Crippen molar-refractivity contribution < 1.29 is 36.3 Å². The third-order valence-electron chi connectivity index (χ3n) is 6.42. The fourth-order valence-electron chi connectivity index (χ4n) is 4.49. The van der Waals surface area contributed by atoms with Crippen molar-refractivity contribution in [3.63, 3.8) is 0 Å². The number of halogens is 5. The van der Waals surface area contributed by atoms with E-state index in [2.05, 4.69) is 20.4 Å². The first-order valence-electron chi connectivity index (χ1n) is 11.7. The van der Waals surface area contributed by atoms with E-state index >= 15 is 0 Å². The third kappa shape index (κ3) is 4.85. The van der Waals surface area contributed by atoms with Gasteiger partial charge < -0.3 is 20.7 Å². The molecule has 4 heterocycles. The van der Waals surface area contributed by atoms with Gasteiger partial charge >= 0.3 is 6.18 Å². The smallest absolute Gasteiger partial charge is 0.418 e. The maximum Gasteiger partial charge on any atom is 0.418 e. The number of nitrogens with zero attached hydrogens (tertiary/aromatic N) is 5. The van der Waals surface area contributed by atoms with Crippen molar-refractivity contribution in [1.29, 1.82) is 0 Å². The average Bonchev–Trinajstić information content (AvgIpc) is 3.50. The molecule has 3 N–H and O–H groups in total. The summed E-state index contributed by atoms with van der Waals surface area (Å²) in [5.41, 5.74) is 4.08. The summed E-state index contributed by atoms with van der Waals surface area (Å²) in [6.45, 7) is -0.485. The quantitative estimate of drug-likeness (QED) is 0.359. The molecule has 2 amide bonds. The van der Waals surface area contributed by atoms with Gasteiger partial charge in [0.15, 0.2) is 5.82 Å². The predicted molar refractivity (Wildman–Crippen MR) is 131 cm³/mol. The van der Waals surface area contributed by atoms with Gasteiger partial charge in [-0.05, 0) is 36.4 Å². The second kappa shape index (κ2) is 10.1. The highest BCUT2D eigenvalue weighted by molar-refractivity contribution is 5.98. The topological polar surface area (TPSA) is 128 Å². The summed E-state index contributed by atoms with van der Waals surface area (Å²) in [7, 11) is 1.23. The van der Waals surface area contributed by atoms with Crippen molar-refractivity contribution >= 4 is 23.1 Å². The molecule has 15 heteroatoms. The van der Waals surface area contributed by atoms with E-state index in [-0.39, 0.29) is 41.4 Å². The molecule has 1 fully saturated rings. The summed E-state index contributed by atoms with van der Waals surface area (Å²) in [4.78, 5) is 34.8. The normalized spacial score (nSPS) is 17.3. The number of rotatable bonds is 5. The first-order valence-corrected chi connectivity index (χ1v) is 11.7. The zero-order valence-corrected chi connectivity index (χ0v) is 20.6. The standard InChI is InChI=1S/C25H20F5N7O3/c1-40-23-15(22(38)35-18-10-36(9-17(18)27)24(39)12-2-4-14(26)5-3-12)6-13(8-32-23)19-7-16(25(28,29)30)20-21(31)33-11-34-37(19)20/h2-8,11,17-18H,9-10H2,1H3,(H,35,38)(H2,31,33,34). The lowest BCUT2D eigenvalue weighted by Crippen LogP contribution is -2.42. The summed E-state index contributed by atoms with van der Waals surface area (Å²) >= 11 is 0. The summed E-state index contributed by atoms with van der Waals surface area (Å²) < 4.78 is 75.3. The van der Waals surface area contributed by atoms with Gasteiger partial charge in [0, 0.05) is 23.9 Å². The maximum absolute atomic E-state index is 14.9. The van der Waals surface area contributed by atoms with Crippen LogP contribution in [0.15, 0.2) is 48.9 Å². The number of hydrogen-bond donors (Lipinski definition) is 2. The van der Waals surface area contributed by atoms with Crippen LogP contribution in [0.25, 0.3) is 16.8 Å². The van der Waals surface area contributed by atoms with Crippen LogP contribution in [-0.2, 0) is 6.18 Å². The Kier molecular flexibility index (Phi) is 6.73. The van der Waals surface area contributed by atoms with Crippen molar-refractivity contribution in [3.05, 3.63) is 71.4 Å². The summed E-state index contributed by atoms with van der Waals surface area (Å²) in [5, 5.41) is 6.37. The van der Waals surface area contributed by atoms with Crippen LogP contribution in [0.5, 0.6) is 5.88 Å². The number of ether oxygens (including phenoxy) is 1. The van der Waals surface area contributed by atoms with E-state index in [0.717, 1.165) is 29.0 Å². The van der Waals surface area contributed by atoms with Crippen LogP contribution in [0.1, 0.15) is 26.3 Å². The number of carbonyl (C=O) groups is 2. The number of alkyl halides is 4. The number of methoxy groups -OCH3 is 1. The molecule has 208 valence electrons. The number of benzene rings is 1. The lowest BCUT2D eigenvalue weighted by molar-refractivity contribution is -0.136. The number of fused-ring (bicyclic) bond motifs is 1. The Balaban J connectivity index is 1.43. The lowest BCUT2D eigenvalue weighted by Gasteiger charge is -2.17. The van der Waals surface area contributed by atoms with Gasteiger partial charge in [0.2, 0.25) is 5.88 Å². The first kappa shape index (κ1) is 26.8. The Bertz CT molecular complexity index is 1610. The number of hydrogen-bond acceptors (Lipinski definition) is 7. The second-order valence-corrected chi connectivity index (χ2v) is 8.94. The van der Waals surface area contributed by atoms with E-state index < -0.39 is 52.9 Å². The molecule has 1 aliphatic rings. The Hall–Kier alpha value is -4.82. The number of nitrogens with two attached hydrogens (primary N) is 1. The number of anilines is 1. The van der Waals surface area contributed by atoms with Gasteiger partial charge in [0.05, 0.1) is 31.0 Å². The van der Waals surface area contributed by atoms with E-state index in [4.69, 9.17) is 10.5 Å². The van der Waals surface area contributed by atoms with Gasteiger partial charge in [-0.3, -0.25) is 9.59 Å². The fourth-order valence-corrected chi connectivity index (χ4v) is 4.49. The summed E-state index contributed by atoms with van der Waals surface area (Å²) in [6.07, 6.45) is -4.24. The van der Waals surface area contributed by atoms with Crippen LogP contribution in [0.4, 0.5) is 27.8 Å². The Labute approximate surface area is 222 Å². The fraction of sp³-hybridized carbons (Fsp3) is 0.240. The predicted octanol–water partition coefficient (Wildman–Crippen LogP) is 3.13. The molecular weight excluding hydrogens is 541 g/mol. The monoisotopic (exact) mass is 561 g/mol. The zero-order valence-electron chi connectivity index (χ0n) is 20.6. The number of carbonyl (C=O) groups excluding carboxylic acids is 2. The highest BCUT2D eigenvalue weighted by Crippen LogP contribution is 2.39. The van der Waals surface area contributed by atoms with E-state index in [1.165, 1.54) is 36.4 Å². The minimum Gasteiger partial charge on any atom is -0.480 e. The number of amides is 2. The number of nitrogen functional groups attached to an aromatic ring is 1. The molecule has 1 aliphatic heterocycles. The van der Waals surface area contributed by atoms with E-state index in [1.807, 2.05) is 0 Å². The van der Waals surface area contributed by atoms with Gasteiger partial charge in [-0.25, -0.2) is 23.3 Å². The second-order valence-electron chi connectivity index (χ2n) is 8.94. The molecule has 0 saturated carbocycles. The Morgan fingerprint density at radius 1 is 1.12 bits per heavy atom. The molecule has 0 bridgehead atoms. The number of pyridine rings is 1. The molecule has 0 radical (unpaired) electrons. The van der Waals surface area contributed by atoms with Gasteiger partial charge in [-0.2, -0.15) is 18.3 Å². The number of nitrogens with one attached hydrogen (secondary N) is 1. The van der Waals surface area contributed by atoms with Crippen LogP contribution < -0.4 is 15.8 Å². The summed E-state index contributed by atoms with van der Waals surface area (Å²) in [6, 6.07) is 5.68. The molecule has 40 heavy (non-hydrogen) atoms. The molecule has 0 aliphatic carbocycles. The van der Waals surface area contributed by atoms with Crippen LogP contribution >= 0.6 is 0 Å². The van der Waals surface area contributed by atoms with E-state index in [9.17, 15) is 31.5 Å². The minimum atomic E-state index is -4.78. The largest absolute Gasteiger partial charge is 0.480 e. The molecule has 3 aromatic heterocycles. The first-order chi connectivity index (χ1) is 19.0. The van der Waals surface area contributed by atoms with Crippen molar-refractivity contribution in [2.75, 3.05) is 25.9 Å². The molecule has 5 rings (SSSR count). The van der Waals surface area contributed by atoms with Gasteiger partial charge in [0.1, 0.15) is 29.4 Å². The Morgan fingerprint density at radius 2 is 1.85 bits per heavy atom. The number of likely N-dealkylation sites (tertiary alicyclic amines) is 1. The molecular formula is C25H20F5N7O3. The van der Waals surface area contributed by atoms with Crippen molar-refractivity contribution in [3.8, 4) is 17.1 Å². The van der Waals surface area contributed by atoms with Crippen LogP contribution in [0.3, 0.4) is 0 Å². The third-order valence-corrected chi connectivity index (χ3v) is 6.42. The zero-order chi connectivity index (χ0) is 28.8. The van der Waals surface area contributed by atoms with Crippen molar-refractivity contribution in [1.82, 2.24) is 29.8 Å². The van der Waals surface area contributed by atoms with Crippen LogP contribution in [0, 0.1) is 5.82 Å². The molecule has 10 nitrogen and oxygen atoms in total. The Morgan fingerprint density at radius 3 is 2.52 bits per heavy atom. The van der Waals surface area contributed by atoms with Crippen LogP contribution in [0.2, 0.25) is 0 Å². The molecule has 2 atom stereocenters. The molecule has 1 aromatic carbocycles. The van der Waals surface area contributed by atoms with Gasteiger partial charge in [-0.1, -0.05) is 0 Å². The summed E-state index contributed by atoms with van der Waals surface area (Å²) in [5.74, 6) is -2.47. The van der Waals surface area contributed by atoms with Gasteiger partial charge in [-0.15, -0.1) is 0 Å². The van der Waals surface area contributed by atoms with Crippen molar-refractivity contribution in [2.24, 2.45) is 0 Å². The van der Waals surface area contributed by atoms with Gasteiger partial charge in [0.25, 0.3) is 11.8 Å². The molecule has 2 unspecified atom stereocenters. The molecule has 4 aromatic rings.